The van der Waals surface area contributed by atoms with E-state index in [0.29, 0.717) is 17.9 Å². The highest BCUT2D eigenvalue weighted by Crippen LogP contribution is 2.32. The third kappa shape index (κ3) is 1.88. The molecule has 1 unspecified atom stereocenters. The third-order valence-electron chi connectivity index (χ3n) is 2.71. The summed E-state index contributed by atoms with van der Waals surface area (Å²) in [4.78, 5) is 11.4. The van der Waals surface area contributed by atoms with E-state index in [2.05, 4.69) is 5.32 Å². The zero-order valence-electron chi connectivity index (χ0n) is 9.36. The summed E-state index contributed by atoms with van der Waals surface area (Å²) >= 11 is 0. The van der Waals surface area contributed by atoms with E-state index in [1.54, 1.807) is 19.1 Å². The molecule has 0 aromatic heterocycles. The normalized spacial score (nSPS) is 20.7. The summed E-state index contributed by atoms with van der Waals surface area (Å²) in [5.41, 5.74) is 1.42. The molecule has 0 fully saturated rings. The molecule has 2 rings (SSSR count). The minimum Gasteiger partial charge on any atom is -0.479 e. The number of ether oxygens (including phenoxy) is 1. The second-order valence-corrected chi connectivity index (χ2v) is 3.93. The van der Waals surface area contributed by atoms with Gasteiger partial charge in [-0.1, -0.05) is 13.0 Å². The first-order chi connectivity index (χ1) is 7.61. The molecule has 1 amide bonds. The summed E-state index contributed by atoms with van der Waals surface area (Å²) < 4.78 is 5.42. The van der Waals surface area contributed by atoms with Crippen molar-refractivity contribution < 1.29 is 14.6 Å². The lowest BCUT2D eigenvalue weighted by Gasteiger charge is -2.24. The summed E-state index contributed by atoms with van der Waals surface area (Å²) in [7, 11) is 0. The molecule has 2 atom stereocenters. The number of nitrogens with one attached hydrogen (secondary N) is 1. The molecule has 0 aliphatic carbocycles. The van der Waals surface area contributed by atoms with Crippen molar-refractivity contribution in [3.63, 3.8) is 0 Å². The number of benzene rings is 1. The first-order valence-corrected chi connectivity index (χ1v) is 5.41. The van der Waals surface area contributed by atoms with Gasteiger partial charge in [0.2, 0.25) is 0 Å². The summed E-state index contributed by atoms with van der Waals surface area (Å²) in [6, 6.07) is 5.35. The Morgan fingerprint density at radius 2 is 2.31 bits per heavy atom. The van der Waals surface area contributed by atoms with E-state index < -0.39 is 12.2 Å². The predicted octanol–water partition coefficient (Wildman–Crippen LogP) is 1.85. The van der Waals surface area contributed by atoms with Crippen molar-refractivity contribution in [3.05, 3.63) is 23.8 Å². The van der Waals surface area contributed by atoms with E-state index in [4.69, 9.17) is 4.74 Å². The van der Waals surface area contributed by atoms with Crippen LogP contribution in [0.3, 0.4) is 0 Å². The number of hydrogen-bond donors (Lipinski definition) is 2. The Balaban J connectivity index is 2.32. The fourth-order valence-corrected chi connectivity index (χ4v) is 1.67. The maximum atomic E-state index is 11.4. The third-order valence-corrected chi connectivity index (χ3v) is 2.71. The van der Waals surface area contributed by atoms with Crippen LogP contribution in [0.15, 0.2) is 18.2 Å². The minimum absolute atomic E-state index is 0.157. The molecule has 1 aromatic rings. The monoisotopic (exact) mass is 221 g/mol. The number of aliphatic hydroxyl groups excluding tert-OH is 1. The summed E-state index contributed by atoms with van der Waals surface area (Å²) in [5, 5.41) is 12.4. The van der Waals surface area contributed by atoms with Gasteiger partial charge in [0.1, 0.15) is 5.75 Å². The highest BCUT2D eigenvalue weighted by atomic mass is 16.5. The van der Waals surface area contributed by atoms with E-state index >= 15 is 0 Å². The van der Waals surface area contributed by atoms with Gasteiger partial charge in [0.05, 0.1) is 11.8 Å². The first-order valence-electron chi connectivity index (χ1n) is 5.41. The summed E-state index contributed by atoms with van der Waals surface area (Å²) in [6.45, 7) is 3.61. The summed E-state index contributed by atoms with van der Waals surface area (Å²) in [5.74, 6) is 0.495. The van der Waals surface area contributed by atoms with Crippen molar-refractivity contribution in [2.45, 2.75) is 32.5 Å². The number of aliphatic hydroxyl groups is 1. The van der Waals surface area contributed by atoms with E-state index in [-0.39, 0.29) is 5.91 Å². The fraction of sp³-hybridized carbons (Fsp3) is 0.417. The van der Waals surface area contributed by atoms with Crippen LogP contribution in [0.25, 0.3) is 0 Å². The molecule has 0 spiro atoms. The van der Waals surface area contributed by atoms with Crippen LogP contribution in [0.1, 0.15) is 31.9 Å². The van der Waals surface area contributed by atoms with Crippen LogP contribution >= 0.6 is 0 Å². The molecular weight excluding hydrogens is 206 g/mol. The molecule has 1 aliphatic heterocycles. The zero-order valence-corrected chi connectivity index (χ0v) is 9.36. The van der Waals surface area contributed by atoms with Crippen molar-refractivity contribution >= 4 is 11.6 Å². The van der Waals surface area contributed by atoms with Gasteiger partial charge in [-0.15, -0.1) is 0 Å². The van der Waals surface area contributed by atoms with Crippen molar-refractivity contribution in [2.24, 2.45) is 0 Å². The Labute approximate surface area is 94.2 Å². The molecule has 0 saturated heterocycles. The van der Waals surface area contributed by atoms with Gasteiger partial charge >= 0.3 is 0 Å². The topological polar surface area (TPSA) is 58.6 Å². The van der Waals surface area contributed by atoms with Crippen molar-refractivity contribution in [1.82, 2.24) is 0 Å². The molecule has 1 heterocycles. The molecule has 4 nitrogen and oxygen atoms in total. The Morgan fingerprint density at radius 3 is 3.00 bits per heavy atom. The maximum absolute atomic E-state index is 11.4. The van der Waals surface area contributed by atoms with Gasteiger partial charge in [0.15, 0.2) is 6.10 Å². The standard InChI is InChI=1S/C12H15NO3/c1-3-10(14)8-4-5-11-9(6-8)13-12(15)7(2)16-11/h4-7,10,14H,3H2,1-2H3,(H,13,15)/t7?,10-/m1/s1. The fourth-order valence-electron chi connectivity index (χ4n) is 1.67. The molecule has 1 aliphatic rings. The van der Waals surface area contributed by atoms with Crippen LogP contribution in [0.2, 0.25) is 0 Å². The first kappa shape index (κ1) is 11.0. The van der Waals surface area contributed by atoms with Gasteiger partial charge in [-0.05, 0) is 31.0 Å². The lowest BCUT2D eigenvalue weighted by molar-refractivity contribution is -0.122. The maximum Gasteiger partial charge on any atom is 0.265 e. The molecule has 0 saturated carbocycles. The molecular formula is C12H15NO3. The Kier molecular flexibility index (Phi) is 2.83. The lowest BCUT2D eigenvalue weighted by atomic mass is 10.1. The minimum atomic E-state index is -0.499. The van der Waals surface area contributed by atoms with E-state index in [1.807, 2.05) is 13.0 Å². The van der Waals surface area contributed by atoms with E-state index in [9.17, 15) is 9.90 Å². The highest BCUT2D eigenvalue weighted by Gasteiger charge is 2.23. The van der Waals surface area contributed by atoms with Crippen molar-refractivity contribution in [2.75, 3.05) is 5.32 Å². The summed E-state index contributed by atoms with van der Waals surface area (Å²) in [6.07, 6.45) is -0.319. The van der Waals surface area contributed by atoms with Crippen LogP contribution in [-0.2, 0) is 4.79 Å². The Hall–Kier alpha value is -1.55. The Morgan fingerprint density at radius 1 is 1.56 bits per heavy atom. The molecule has 1 aromatic carbocycles. The van der Waals surface area contributed by atoms with E-state index in [1.165, 1.54) is 0 Å². The molecule has 16 heavy (non-hydrogen) atoms. The average molecular weight is 221 g/mol. The largest absolute Gasteiger partial charge is 0.479 e. The average Bonchev–Trinajstić information content (AvgIpc) is 2.29. The van der Waals surface area contributed by atoms with Gasteiger partial charge in [-0.2, -0.15) is 0 Å². The molecule has 86 valence electrons. The smallest absolute Gasteiger partial charge is 0.265 e. The van der Waals surface area contributed by atoms with Crippen LogP contribution in [0, 0.1) is 0 Å². The van der Waals surface area contributed by atoms with Gasteiger partial charge in [-0.25, -0.2) is 0 Å². The second kappa shape index (κ2) is 4.14. The molecule has 0 bridgehead atoms. The van der Waals surface area contributed by atoms with Crippen LogP contribution in [0.4, 0.5) is 5.69 Å². The van der Waals surface area contributed by atoms with Crippen molar-refractivity contribution in [1.29, 1.82) is 0 Å². The van der Waals surface area contributed by atoms with Gasteiger partial charge in [-0.3, -0.25) is 4.79 Å². The molecule has 4 heteroatoms. The highest BCUT2D eigenvalue weighted by molar-refractivity contribution is 5.97. The Bertz CT molecular complexity index is 417. The number of carbonyl (C=O) groups excluding carboxylic acids is 1. The van der Waals surface area contributed by atoms with E-state index in [0.717, 1.165) is 5.56 Å². The van der Waals surface area contributed by atoms with Crippen LogP contribution in [-0.4, -0.2) is 17.1 Å². The molecule has 2 N–H and O–H groups in total. The van der Waals surface area contributed by atoms with Gasteiger partial charge in [0, 0.05) is 0 Å². The second-order valence-electron chi connectivity index (χ2n) is 3.93. The quantitative estimate of drug-likeness (QED) is 0.801. The molecule has 0 radical (unpaired) electrons. The van der Waals surface area contributed by atoms with Crippen LogP contribution in [0.5, 0.6) is 5.75 Å². The van der Waals surface area contributed by atoms with Crippen LogP contribution < -0.4 is 10.1 Å². The zero-order chi connectivity index (χ0) is 11.7. The predicted molar refractivity (Wildman–Crippen MR) is 60.4 cm³/mol. The number of fused-ring (bicyclic) bond motifs is 1. The van der Waals surface area contributed by atoms with Gasteiger partial charge in [0.25, 0.3) is 5.91 Å². The number of carbonyl (C=O) groups is 1. The number of rotatable bonds is 2. The van der Waals surface area contributed by atoms with Gasteiger partial charge < -0.3 is 15.2 Å². The SMILES string of the molecule is CC[C@@H](O)c1ccc2c(c1)NC(=O)C(C)O2. The lowest BCUT2D eigenvalue weighted by Crippen LogP contribution is -2.34. The number of amides is 1. The number of anilines is 1. The number of hydrogen-bond acceptors (Lipinski definition) is 3. The van der Waals surface area contributed by atoms with Crippen molar-refractivity contribution in [3.8, 4) is 5.75 Å².